The Kier molecular flexibility index (Phi) is 5.24. The number of benzene rings is 1. The number of hydrogen-bond acceptors (Lipinski definition) is 4. The molecule has 7 heteroatoms. The van der Waals surface area contributed by atoms with Crippen LogP contribution >= 0.6 is 11.3 Å². The summed E-state index contributed by atoms with van der Waals surface area (Å²) in [6.07, 6.45) is 3.78. The first-order chi connectivity index (χ1) is 13.9. The van der Waals surface area contributed by atoms with Crippen LogP contribution < -0.4 is 0 Å². The van der Waals surface area contributed by atoms with E-state index >= 15 is 0 Å². The van der Waals surface area contributed by atoms with Crippen molar-refractivity contribution in [2.24, 2.45) is 5.92 Å². The van der Waals surface area contributed by atoms with Crippen LogP contribution in [0.2, 0.25) is 0 Å². The molecule has 0 saturated carbocycles. The van der Waals surface area contributed by atoms with E-state index in [0.29, 0.717) is 12.5 Å². The summed E-state index contributed by atoms with van der Waals surface area (Å²) in [5.41, 5.74) is 2.97. The van der Waals surface area contributed by atoms with Crippen molar-refractivity contribution in [2.45, 2.75) is 33.9 Å². The normalized spacial score (nSPS) is 11.5. The monoisotopic (exact) mass is 407 g/mol. The van der Waals surface area contributed by atoms with Gasteiger partial charge in [0.15, 0.2) is 0 Å². The smallest absolute Gasteiger partial charge is 0.264 e. The summed E-state index contributed by atoms with van der Waals surface area (Å²) in [7, 11) is 1.83. The second-order valence-corrected chi connectivity index (χ2v) is 8.81. The van der Waals surface area contributed by atoms with Crippen LogP contribution in [0.15, 0.2) is 48.8 Å². The Balaban J connectivity index is 1.52. The molecule has 0 bridgehead atoms. The number of nitrogens with zero attached hydrogens (tertiary/aromatic N) is 5. The summed E-state index contributed by atoms with van der Waals surface area (Å²) in [6.45, 7) is 7.71. The Morgan fingerprint density at radius 1 is 1.24 bits per heavy atom. The van der Waals surface area contributed by atoms with Gasteiger partial charge in [0.1, 0.15) is 4.83 Å². The van der Waals surface area contributed by atoms with Gasteiger partial charge in [-0.1, -0.05) is 32.0 Å². The molecular formula is C22H25N5OS. The molecule has 0 saturated heterocycles. The van der Waals surface area contributed by atoms with Crippen LogP contribution in [0.5, 0.6) is 0 Å². The third kappa shape index (κ3) is 3.96. The Morgan fingerprint density at radius 3 is 2.72 bits per heavy atom. The molecule has 1 amide bonds. The van der Waals surface area contributed by atoms with E-state index < -0.39 is 0 Å². The van der Waals surface area contributed by atoms with Gasteiger partial charge in [-0.15, -0.1) is 11.3 Å². The quantitative estimate of drug-likeness (QED) is 0.472. The lowest BCUT2D eigenvalue weighted by atomic mass is 10.2. The molecular weight excluding hydrogens is 382 g/mol. The zero-order chi connectivity index (χ0) is 20.5. The van der Waals surface area contributed by atoms with Gasteiger partial charge < -0.3 is 4.90 Å². The topological polar surface area (TPSA) is 56.0 Å². The molecule has 1 aromatic carbocycles. The molecule has 29 heavy (non-hydrogen) atoms. The van der Waals surface area contributed by atoms with Gasteiger partial charge in [-0.25, -0.2) is 4.68 Å². The number of aromatic nitrogens is 4. The Labute approximate surface area is 174 Å². The van der Waals surface area contributed by atoms with Crippen molar-refractivity contribution in [3.05, 3.63) is 64.9 Å². The van der Waals surface area contributed by atoms with Crippen molar-refractivity contribution >= 4 is 27.5 Å². The number of aryl methyl sites for hydroxylation is 1. The van der Waals surface area contributed by atoms with Gasteiger partial charge in [-0.2, -0.15) is 10.2 Å². The number of para-hydroxylation sites is 1. The number of thiophene rings is 1. The van der Waals surface area contributed by atoms with E-state index in [2.05, 4.69) is 24.0 Å². The van der Waals surface area contributed by atoms with E-state index in [1.54, 1.807) is 4.90 Å². The maximum Gasteiger partial charge on any atom is 0.264 e. The highest BCUT2D eigenvalue weighted by Gasteiger charge is 2.20. The van der Waals surface area contributed by atoms with E-state index in [1.807, 2.05) is 72.1 Å². The van der Waals surface area contributed by atoms with Crippen LogP contribution in [-0.4, -0.2) is 37.4 Å². The van der Waals surface area contributed by atoms with Gasteiger partial charge >= 0.3 is 0 Å². The molecule has 0 unspecified atom stereocenters. The fourth-order valence-electron chi connectivity index (χ4n) is 3.39. The Bertz CT molecular complexity index is 1140. The summed E-state index contributed by atoms with van der Waals surface area (Å²) < 4.78 is 3.86. The van der Waals surface area contributed by atoms with Gasteiger partial charge in [0.25, 0.3) is 5.91 Å². The average molecular weight is 408 g/mol. The third-order valence-corrected chi connectivity index (χ3v) is 5.92. The SMILES string of the molecule is Cc1nn(CC(C)C)c2sc(C(=O)N(C)Cc3cnn(-c4ccccc4)c3)cc12. The van der Waals surface area contributed by atoms with Crippen LogP contribution in [0, 0.1) is 12.8 Å². The van der Waals surface area contributed by atoms with Crippen molar-refractivity contribution in [1.29, 1.82) is 0 Å². The fraction of sp³-hybridized carbons (Fsp3) is 0.318. The molecule has 0 aliphatic heterocycles. The van der Waals surface area contributed by atoms with Gasteiger partial charge in [0, 0.05) is 37.3 Å². The van der Waals surface area contributed by atoms with Gasteiger partial charge in [0.05, 0.1) is 22.5 Å². The minimum Gasteiger partial charge on any atom is -0.337 e. The molecule has 0 fully saturated rings. The lowest BCUT2D eigenvalue weighted by Crippen LogP contribution is -2.25. The fourth-order valence-corrected chi connectivity index (χ4v) is 4.55. The molecule has 4 aromatic rings. The van der Waals surface area contributed by atoms with E-state index in [1.165, 1.54) is 11.3 Å². The molecule has 0 N–H and O–H groups in total. The average Bonchev–Trinajstić information content (AvgIpc) is 3.40. The van der Waals surface area contributed by atoms with E-state index in [9.17, 15) is 4.79 Å². The first-order valence-electron chi connectivity index (χ1n) is 9.73. The zero-order valence-corrected chi connectivity index (χ0v) is 18.0. The maximum atomic E-state index is 13.0. The van der Waals surface area contributed by atoms with Crippen molar-refractivity contribution in [3.8, 4) is 5.69 Å². The molecule has 0 spiro atoms. The summed E-state index contributed by atoms with van der Waals surface area (Å²) in [6, 6.07) is 11.9. The first kappa shape index (κ1) is 19.4. The van der Waals surface area contributed by atoms with Crippen molar-refractivity contribution in [1.82, 2.24) is 24.5 Å². The van der Waals surface area contributed by atoms with Crippen LogP contribution in [0.4, 0.5) is 0 Å². The third-order valence-electron chi connectivity index (χ3n) is 4.78. The molecule has 0 radical (unpaired) electrons. The number of amides is 1. The lowest BCUT2D eigenvalue weighted by molar-refractivity contribution is 0.0790. The number of hydrogen-bond donors (Lipinski definition) is 0. The number of rotatable bonds is 6. The molecule has 0 aliphatic rings. The van der Waals surface area contributed by atoms with Crippen LogP contribution in [0.1, 0.15) is 34.8 Å². The van der Waals surface area contributed by atoms with E-state index in [0.717, 1.165) is 38.6 Å². The molecule has 6 nitrogen and oxygen atoms in total. The van der Waals surface area contributed by atoms with Gasteiger partial charge in [-0.3, -0.25) is 9.48 Å². The van der Waals surface area contributed by atoms with Crippen molar-refractivity contribution in [3.63, 3.8) is 0 Å². The zero-order valence-electron chi connectivity index (χ0n) is 17.2. The molecule has 4 rings (SSSR count). The molecule has 0 aliphatic carbocycles. The maximum absolute atomic E-state index is 13.0. The standard InChI is InChI=1S/C22H25N5OS/c1-15(2)12-27-22-19(16(3)24-27)10-20(29-22)21(28)25(4)13-17-11-23-26(14-17)18-8-6-5-7-9-18/h5-11,14-15H,12-13H2,1-4H3. The van der Waals surface area contributed by atoms with Crippen LogP contribution in [0.25, 0.3) is 15.9 Å². The van der Waals surface area contributed by atoms with Crippen molar-refractivity contribution in [2.75, 3.05) is 7.05 Å². The van der Waals surface area contributed by atoms with Gasteiger partial charge in [0.2, 0.25) is 0 Å². The molecule has 3 heterocycles. The highest BCUT2D eigenvalue weighted by molar-refractivity contribution is 7.20. The molecule has 0 atom stereocenters. The summed E-state index contributed by atoms with van der Waals surface area (Å²) in [5.74, 6) is 0.525. The number of carbonyl (C=O) groups excluding carboxylic acids is 1. The Morgan fingerprint density at radius 2 is 2.00 bits per heavy atom. The summed E-state index contributed by atoms with van der Waals surface area (Å²) in [4.78, 5) is 16.6. The molecule has 3 aromatic heterocycles. The van der Waals surface area contributed by atoms with Crippen LogP contribution in [0.3, 0.4) is 0 Å². The van der Waals surface area contributed by atoms with E-state index in [4.69, 9.17) is 0 Å². The van der Waals surface area contributed by atoms with Gasteiger partial charge in [-0.05, 0) is 31.0 Å². The minimum atomic E-state index is 0.0224. The first-order valence-corrected chi connectivity index (χ1v) is 10.6. The number of fused-ring (bicyclic) bond motifs is 1. The summed E-state index contributed by atoms with van der Waals surface area (Å²) >= 11 is 1.52. The van der Waals surface area contributed by atoms with Crippen LogP contribution in [-0.2, 0) is 13.1 Å². The predicted molar refractivity (Wildman–Crippen MR) is 117 cm³/mol. The lowest BCUT2D eigenvalue weighted by Gasteiger charge is -2.15. The van der Waals surface area contributed by atoms with Crippen molar-refractivity contribution < 1.29 is 4.79 Å². The summed E-state index contributed by atoms with van der Waals surface area (Å²) in [5, 5.41) is 10.1. The highest BCUT2D eigenvalue weighted by atomic mass is 32.1. The second-order valence-electron chi connectivity index (χ2n) is 7.78. The minimum absolute atomic E-state index is 0.0224. The predicted octanol–water partition coefficient (Wildman–Crippen LogP) is 4.52. The number of carbonyl (C=O) groups is 1. The Hall–Kier alpha value is -2.93. The van der Waals surface area contributed by atoms with E-state index in [-0.39, 0.29) is 5.91 Å². The largest absolute Gasteiger partial charge is 0.337 e. The second kappa shape index (κ2) is 7.83. The molecule has 150 valence electrons. The highest BCUT2D eigenvalue weighted by Crippen LogP contribution is 2.29.